The van der Waals surface area contributed by atoms with E-state index >= 15 is 0 Å². The van der Waals surface area contributed by atoms with Crippen molar-refractivity contribution in [1.29, 1.82) is 5.26 Å². The standard InChI is InChI=1S/C14H8ClNO2S/c15-10-5-3-9(4-6-10)13(17)11(8-16)14(18)12-2-1-7-19-12/h1-7,11H. The molecule has 0 radical (unpaired) electrons. The second kappa shape index (κ2) is 5.79. The van der Waals surface area contributed by atoms with Gasteiger partial charge in [0.1, 0.15) is 0 Å². The molecule has 2 aromatic rings. The minimum atomic E-state index is -1.31. The summed E-state index contributed by atoms with van der Waals surface area (Å²) in [6, 6.07) is 11.2. The molecule has 0 bridgehead atoms. The van der Waals surface area contributed by atoms with E-state index in [0.29, 0.717) is 15.5 Å². The van der Waals surface area contributed by atoms with Crippen molar-refractivity contribution >= 4 is 34.5 Å². The quantitative estimate of drug-likeness (QED) is 0.638. The third-order valence-electron chi connectivity index (χ3n) is 2.55. The maximum absolute atomic E-state index is 12.1. The van der Waals surface area contributed by atoms with E-state index in [2.05, 4.69) is 0 Å². The number of nitrogens with zero attached hydrogens (tertiary/aromatic N) is 1. The number of ketones is 2. The van der Waals surface area contributed by atoms with Crippen LogP contribution in [0, 0.1) is 17.2 Å². The number of hydrogen-bond acceptors (Lipinski definition) is 4. The van der Waals surface area contributed by atoms with Crippen molar-refractivity contribution in [2.45, 2.75) is 0 Å². The Morgan fingerprint density at radius 3 is 2.37 bits per heavy atom. The van der Waals surface area contributed by atoms with Crippen LogP contribution in [0.15, 0.2) is 41.8 Å². The minimum absolute atomic E-state index is 0.306. The molecule has 0 saturated carbocycles. The Kier molecular flexibility index (Phi) is 4.10. The van der Waals surface area contributed by atoms with Crippen molar-refractivity contribution in [1.82, 2.24) is 0 Å². The van der Waals surface area contributed by atoms with Gasteiger partial charge in [-0.3, -0.25) is 9.59 Å². The Morgan fingerprint density at radius 2 is 1.84 bits per heavy atom. The molecule has 0 aliphatic carbocycles. The number of carbonyl (C=O) groups excluding carboxylic acids is 2. The number of Topliss-reactive ketones (excluding diaryl/α,β-unsaturated/α-hetero) is 2. The molecule has 1 unspecified atom stereocenters. The average molecular weight is 290 g/mol. The van der Waals surface area contributed by atoms with E-state index in [-0.39, 0.29) is 0 Å². The van der Waals surface area contributed by atoms with Gasteiger partial charge in [0, 0.05) is 10.6 Å². The van der Waals surface area contributed by atoms with Crippen LogP contribution < -0.4 is 0 Å². The summed E-state index contributed by atoms with van der Waals surface area (Å²) in [4.78, 5) is 24.6. The van der Waals surface area contributed by atoms with Crippen molar-refractivity contribution in [3.8, 4) is 6.07 Å². The summed E-state index contributed by atoms with van der Waals surface area (Å²) in [5, 5.41) is 11.3. The predicted molar refractivity (Wildman–Crippen MR) is 73.5 cm³/mol. The van der Waals surface area contributed by atoms with Crippen molar-refractivity contribution in [3.05, 3.63) is 57.2 Å². The van der Waals surface area contributed by atoms with Crippen molar-refractivity contribution in [3.63, 3.8) is 0 Å². The molecule has 1 aromatic carbocycles. The zero-order valence-corrected chi connectivity index (χ0v) is 11.2. The van der Waals surface area contributed by atoms with E-state index < -0.39 is 17.5 Å². The molecule has 3 nitrogen and oxygen atoms in total. The first-order valence-corrected chi connectivity index (χ1v) is 6.66. The maximum atomic E-state index is 12.1. The largest absolute Gasteiger partial charge is 0.292 e. The van der Waals surface area contributed by atoms with E-state index in [1.54, 1.807) is 35.7 Å². The fourth-order valence-electron chi connectivity index (χ4n) is 1.58. The van der Waals surface area contributed by atoms with E-state index in [1.807, 2.05) is 0 Å². The summed E-state index contributed by atoms with van der Waals surface area (Å²) in [6.45, 7) is 0. The fourth-order valence-corrected chi connectivity index (χ4v) is 2.40. The lowest BCUT2D eigenvalue weighted by molar-refractivity contribution is 0.0848. The summed E-state index contributed by atoms with van der Waals surface area (Å²) in [5.41, 5.74) is 0.306. The van der Waals surface area contributed by atoms with Crippen LogP contribution in [-0.4, -0.2) is 11.6 Å². The zero-order valence-electron chi connectivity index (χ0n) is 9.67. The molecule has 0 amide bonds. The molecule has 0 spiro atoms. The highest BCUT2D eigenvalue weighted by Crippen LogP contribution is 2.19. The number of carbonyl (C=O) groups is 2. The molecule has 1 atom stereocenters. The van der Waals surface area contributed by atoms with Crippen LogP contribution in [0.3, 0.4) is 0 Å². The number of halogens is 1. The molecule has 0 saturated heterocycles. The van der Waals surface area contributed by atoms with Gasteiger partial charge >= 0.3 is 0 Å². The Morgan fingerprint density at radius 1 is 1.16 bits per heavy atom. The summed E-state index contributed by atoms with van der Waals surface area (Å²) in [6.07, 6.45) is 0. The number of rotatable bonds is 4. The van der Waals surface area contributed by atoms with Crippen molar-refractivity contribution in [2.75, 3.05) is 0 Å². The van der Waals surface area contributed by atoms with Crippen molar-refractivity contribution < 1.29 is 9.59 Å². The molecule has 0 aliphatic rings. The number of nitriles is 1. The zero-order chi connectivity index (χ0) is 13.8. The maximum Gasteiger partial charge on any atom is 0.197 e. The molecule has 0 N–H and O–H groups in total. The Hall–Kier alpha value is -1.96. The highest BCUT2D eigenvalue weighted by atomic mass is 35.5. The van der Waals surface area contributed by atoms with Gasteiger partial charge in [0.2, 0.25) is 0 Å². The van der Waals surface area contributed by atoms with E-state index in [9.17, 15) is 9.59 Å². The highest BCUT2D eigenvalue weighted by Gasteiger charge is 2.28. The first-order chi connectivity index (χ1) is 9.13. The molecule has 5 heteroatoms. The van der Waals surface area contributed by atoms with Crippen LogP contribution in [0.4, 0.5) is 0 Å². The molecule has 2 rings (SSSR count). The van der Waals surface area contributed by atoms with Crippen molar-refractivity contribution in [2.24, 2.45) is 5.92 Å². The molecular formula is C14H8ClNO2S. The van der Waals surface area contributed by atoms with Crippen LogP contribution in [0.5, 0.6) is 0 Å². The minimum Gasteiger partial charge on any atom is -0.292 e. The Labute approximate surface area is 119 Å². The van der Waals surface area contributed by atoms with Gasteiger partial charge in [0.25, 0.3) is 0 Å². The SMILES string of the molecule is N#CC(C(=O)c1ccc(Cl)cc1)C(=O)c1cccs1. The molecule has 1 heterocycles. The van der Waals surface area contributed by atoms with Gasteiger partial charge in [-0.25, -0.2) is 0 Å². The van der Waals surface area contributed by atoms with Gasteiger partial charge in [0.15, 0.2) is 17.5 Å². The summed E-state index contributed by atoms with van der Waals surface area (Å²) in [5.74, 6) is -2.27. The molecule has 94 valence electrons. The summed E-state index contributed by atoms with van der Waals surface area (Å²) >= 11 is 6.95. The second-order valence-corrected chi connectivity index (χ2v) is 5.16. The van der Waals surface area contributed by atoms with E-state index in [1.165, 1.54) is 23.5 Å². The predicted octanol–water partition coefficient (Wildman–Crippen LogP) is 3.61. The van der Waals surface area contributed by atoms with E-state index in [0.717, 1.165) is 0 Å². The lowest BCUT2D eigenvalue weighted by Gasteiger charge is -2.06. The van der Waals surface area contributed by atoms with Crippen LogP contribution in [-0.2, 0) is 0 Å². The molecule has 19 heavy (non-hydrogen) atoms. The number of hydrogen-bond donors (Lipinski definition) is 0. The molecule has 0 aliphatic heterocycles. The van der Waals surface area contributed by atoms with Gasteiger partial charge in [0.05, 0.1) is 10.9 Å². The van der Waals surface area contributed by atoms with E-state index in [4.69, 9.17) is 16.9 Å². The average Bonchev–Trinajstić information content (AvgIpc) is 2.94. The summed E-state index contributed by atoms with van der Waals surface area (Å²) in [7, 11) is 0. The third-order valence-corrected chi connectivity index (χ3v) is 3.68. The fraction of sp³-hybridized carbons (Fsp3) is 0.0714. The Balaban J connectivity index is 2.28. The van der Waals surface area contributed by atoms with Gasteiger partial charge in [-0.1, -0.05) is 17.7 Å². The normalized spacial score (nSPS) is 11.6. The van der Waals surface area contributed by atoms with Gasteiger partial charge in [-0.2, -0.15) is 5.26 Å². The first-order valence-electron chi connectivity index (χ1n) is 5.40. The highest BCUT2D eigenvalue weighted by molar-refractivity contribution is 7.12. The third kappa shape index (κ3) is 2.90. The monoisotopic (exact) mass is 289 g/mol. The Bertz CT molecular complexity index is 641. The topological polar surface area (TPSA) is 57.9 Å². The van der Waals surface area contributed by atoms with Crippen LogP contribution in [0.25, 0.3) is 0 Å². The first kappa shape index (κ1) is 13.5. The van der Waals surface area contributed by atoms with Crippen LogP contribution in [0.1, 0.15) is 20.0 Å². The van der Waals surface area contributed by atoms with Crippen LogP contribution >= 0.6 is 22.9 Å². The second-order valence-electron chi connectivity index (χ2n) is 3.77. The summed E-state index contributed by atoms with van der Waals surface area (Å²) < 4.78 is 0. The van der Waals surface area contributed by atoms with Gasteiger partial charge < -0.3 is 0 Å². The lowest BCUT2D eigenvalue weighted by atomic mass is 9.94. The van der Waals surface area contributed by atoms with Crippen LogP contribution in [0.2, 0.25) is 5.02 Å². The number of thiophene rings is 1. The smallest absolute Gasteiger partial charge is 0.197 e. The number of benzene rings is 1. The molecule has 0 fully saturated rings. The molecule has 1 aromatic heterocycles. The lowest BCUT2D eigenvalue weighted by Crippen LogP contribution is -2.22. The molecular weight excluding hydrogens is 282 g/mol. The van der Waals surface area contributed by atoms with Gasteiger partial charge in [-0.05, 0) is 35.7 Å². The van der Waals surface area contributed by atoms with Gasteiger partial charge in [-0.15, -0.1) is 11.3 Å².